The second kappa shape index (κ2) is 7.79. The van der Waals surface area contributed by atoms with Crippen molar-refractivity contribution in [3.63, 3.8) is 0 Å². The first kappa shape index (κ1) is 16.3. The number of likely N-dealkylation sites (tertiary alicyclic amines) is 1. The molecule has 6 nitrogen and oxygen atoms in total. The minimum atomic E-state index is -0.514. The number of carbonyl (C=O) groups excluding carboxylic acids is 2. The number of nitrogens with zero attached hydrogens (tertiary/aromatic N) is 1. The van der Waals surface area contributed by atoms with Crippen LogP contribution in [-0.2, 0) is 4.79 Å². The highest BCUT2D eigenvalue weighted by atomic mass is 16.5. The van der Waals surface area contributed by atoms with E-state index in [0.717, 1.165) is 19.5 Å². The highest BCUT2D eigenvalue weighted by Gasteiger charge is 2.19. The predicted molar refractivity (Wildman–Crippen MR) is 85.0 cm³/mol. The summed E-state index contributed by atoms with van der Waals surface area (Å²) in [5.74, 6) is 1.04. The lowest BCUT2D eigenvalue weighted by molar-refractivity contribution is -0.121. The summed E-state index contributed by atoms with van der Waals surface area (Å²) in [7, 11) is 1.58. The molecule has 1 aromatic rings. The molecule has 120 valence electrons. The van der Waals surface area contributed by atoms with Crippen molar-refractivity contribution in [1.82, 2.24) is 10.2 Å². The summed E-state index contributed by atoms with van der Waals surface area (Å²) in [4.78, 5) is 25.8. The summed E-state index contributed by atoms with van der Waals surface area (Å²) in [6.45, 7) is 4.27. The zero-order valence-electron chi connectivity index (χ0n) is 13.1. The quantitative estimate of drug-likeness (QED) is 0.893. The maximum Gasteiger partial charge on any atom is 0.325 e. The standard InChI is InChI=1S/C16H23N3O3/c1-12-4-3-9-19(10-12)11-15(20)18-16(21)17-13-5-7-14(22-2)8-6-13/h5-8,12H,3-4,9-11H2,1-2H3,(H2,17,18,20,21). The van der Waals surface area contributed by atoms with Crippen LogP contribution in [0, 0.1) is 5.92 Å². The number of piperidine rings is 1. The Morgan fingerprint density at radius 1 is 1.32 bits per heavy atom. The van der Waals surface area contributed by atoms with Crippen molar-refractivity contribution in [3.8, 4) is 5.75 Å². The van der Waals surface area contributed by atoms with Crippen LogP contribution in [0.25, 0.3) is 0 Å². The maximum absolute atomic E-state index is 11.9. The molecule has 1 aliphatic rings. The summed E-state index contributed by atoms with van der Waals surface area (Å²) in [6.07, 6.45) is 2.31. The van der Waals surface area contributed by atoms with E-state index in [1.54, 1.807) is 31.4 Å². The number of ether oxygens (including phenoxy) is 1. The molecule has 6 heteroatoms. The Labute approximate surface area is 130 Å². The Morgan fingerprint density at radius 3 is 2.68 bits per heavy atom. The second-order valence-electron chi connectivity index (χ2n) is 5.71. The monoisotopic (exact) mass is 305 g/mol. The van der Waals surface area contributed by atoms with Crippen LogP contribution in [0.15, 0.2) is 24.3 Å². The zero-order chi connectivity index (χ0) is 15.9. The molecule has 0 radical (unpaired) electrons. The van der Waals surface area contributed by atoms with Gasteiger partial charge in [0.2, 0.25) is 5.91 Å². The van der Waals surface area contributed by atoms with Crippen LogP contribution in [-0.4, -0.2) is 43.6 Å². The summed E-state index contributed by atoms with van der Waals surface area (Å²) < 4.78 is 5.04. The average molecular weight is 305 g/mol. The Kier molecular flexibility index (Phi) is 5.77. The molecular formula is C16H23N3O3. The van der Waals surface area contributed by atoms with Crippen molar-refractivity contribution >= 4 is 17.6 Å². The molecule has 3 amide bonds. The second-order valence-corrected chi connectivity index (χ2v) is 5.71. The average Bonchev–Trinajstić information content (AvgIpc) is 2.47. The summed E-state index contributed by atoms with van der Waals surface area (Å²) in [5, 5.41) is 4.98. The molecule has 22 heavy (non-hydrogen) atoms. The van der Waals surface area contributed by atoms with Crippen LogP contribution in [0.3, 0.4) is 0 Å². The molecule has 0 bridgehead atoms. The van der Waals surface area contributed by atoms with E-state index >= 15 is 0 Å². The normalized spacial score (nSPS) is 18.5. The molecule has 0 saturated carbocycles. The Hall–Kier alpha value is -2.08. The number of rotatable bonds is 4. The largest absolute Gasteiger partial charge is 0.497 e. The number of amides is 3. The van der Waals surface area contributed by atoms with Crippen LogP contribution < -0.4 is 15.4 Å². The molecule has 1 saturated heterocycles. The predicted octanol–water partition coefficient (Wildman–Crippen LogP) is 2.08. The SMILES string of the molecule is COc1ccc(NC(=O)NC(=O)CN2CCCC(C)C2)cc1. The number of imide groups is 1. The van der Waals surface area contributed by atoms with Crippen LogP contribution in [0.1, 0.15) is 19.8 Å². The molecule has 1 aromatic carbocycles. The van der Waals surface area contributed by atoms with Crippen LogP contribution in [0.2, 0.25) is 0 Å². The van der Waals surface area contributed by atoms with Crippen molar-refractivity contribution in [1.29, 1.82) is 0 Å². The van der Waals surface area contributed by atoms with E-state index in [2.05, 4.69) is 22.5 Å². The van der Waals surface area contributed by atoms with E-state index in [1.165, 1.54) is 6.42 Å². The molecule has 0 aliphatic carbocycles. The van der Waals surface area contributed by atoms with Gasteiger partial charge in [-0.1, -0.05) is 6.92 Å². The maximum atomic E-state index is 11.9. The van der Waals surface area contributed by atoms with Gasteiger partial charge in [-0.05, 0) is 49.6 Å². The minimum Gasteiger partial charge on any atom is -0.497 e. The molecule has 0 aromatic heterocycles. The molecule has 1 aliphatic heterocycles. The minimum absolute atomic E-state index is 0.264. The molecule has 2 rings (SSSR count). The van der Waals surface area contributed by atoms with E-state index in [9.17, 15) is 9.59 Å². The van der Waals surface area contributed by atoms with Crippen LogP contribution in [0.5, 0.6) is 5.75 Å². The topological polar surface area (TPSA) is 70.7 Å². The third-order valence-corrected chi connectivity index (χ3v) is 3.71. The van der Waals surface area contributed by atoms with Gasteiger partial charge in [-0.15, -0.1) is 0 Å². The van der Waals surface area contributed by atoms with Crippen molar-refractivity contribution in [2.75, 3.05) is 32.1 Å². The molecule has 1 heterocycles. The lowest BCUT2D eigenvalue weighted by Gasteiger charge is -2.29. The Morgan fingerprint density at radius 2 is 2.05 bits per heavy atom. The summed E-state index contributed by atoms with van der Waals surface area (Å²) >= 11 is 0. The van der Waals surface area contributed by atoms with E-state index in [0.29, 0.717) is 17.4 Å². The Balaban J connectivity index is 1.76. The van der Waals surface area contributed by atoms with Gasteiger partial charge >= 0.3 is 6.03 Å². The van der Waals surface area contributed by atoms with Crippen LogP contribution >= 0.6 is 0 Å². The van der Waals surface area contributed by atoms with Gasteiger partial charge < -0.3 is 10.1 Å². The van der Waals surface area contributed by atoms with E-state index in [4.69, 9.17) is 4.74 Å². The fourth-order valence-electron chi connectivity index (χ4n) is 2.64. The van der Waals surface area contributed by atoms with Gasteiger partial charge in [0.15, 0.2) is 0 Å². The molecule has 1 fully saturated rings. The first-order valence-corrected chi connectivity index (χ1v) is 7.54. The lowest BCUT2D eigenvalue weighted by atomic mass is 10.0. The van der Waals surface area contributed by atoms with E-state index < -0.39 is 6.03 Å². The third-order valence-electron chi connectivity index (χ3n) is 3.71. The number of benzene rings is 1. The third kappa shape index (κ3) is 5.04. The van der Waals surface area contributed by atoms with Gasteiger partial charge in [-0.2, -0.15) is 0 Å². The van der Waals surface area contributed by atoms with Gasteiger partial charge in [-0.3, -0.25) is 15.0 Å². The number of methoxy groups -OCH3 is 1. The smallest absolute Gasteiger partial charge is 0.325 e. The highest BCUT2D eigenvalue weighted by Crippen LogP contribution is 2.15. The van der Waals surface area contributed by atoms with Crippen molar-refractivity contribution in [2.45, 2.75) is 19.8 Å². The van der Waals surface area contributed by atoms with Gasteiger partial charge in [0.1, 0.15) is 5.75 Å². The lowest BCUT2D eigenvalue weighted by Crippen LogP contribution is -2.44. The highest BCUT2D eigenvalue weighted by molar-refractivity contribution is 6.01. The van der Waals surface area contributed by atoms with Gasteiger partial charge in [0.25, 0.3) is 0 Å². The number of anilines is 1. The van der Waals surface area contributed by atoms with Crippen molar-refractivity contribution in [3.05, 3.63) is 24.3 Å². The number of carbonyl (C=O) groups is 2. The van der Waals surface area contributed by atoms with Gasteiger partial charge in [0, 0.05) is 12.2 Å². The summed E-state index contributed by atoms with van der Waals surface area (Å²) in [5.41, 5.74) is 0.609. The first-order valence-electron chi connectivity index (χ1n) is 7.54. The van der Waals surface area contributed by atoms with Crippen molar-refractivity contribution < 1.29 is 14.3 Å². The first-order chi connectivity index (χ1) is 10.6. The molecule has 0 spiro atoms. The van der Waals surface area contributed by atoms with E-state index in [1.807, 2.05) is 0 Å². The number of urea groups is 1. The molecule has 1 atom stereocenters. The van der Waals surface area contributed by atoms with Crippen LogP contribution in [0.4, 0.5) is 10.5 Å². The van der Waals surface area contributed by atoms with Gasteiger partial charge in [0.05, 0.1) is 13.7 Å². The molecular weight excluding hydrogens is 282 g/mol. The Bertz CT molecular complexity index is 516. The van der Waals surface area contributed by atoms with Gasteiger partial charge in [-0.25, -0.2) is 4.79 Å². The van der Waals surface area contributed by atoms with E-state index in [-0.39, 0.29) is 12.5 Å². The fraction of sp³-hybridized carbons (Fsp3) is 0.500. The fourth-order valence-corrected chi connectivity index (χ4v) is 2.64. The molecule has 2 N–H and O–H groups in total. The number of hydrogen-bond acceptors (Lipinski definition) is 4. The number of nitrogens with one attached hydrogen (secondary N) is 2. The van der Waals surface area contributed by atoms with Crippen molar-refractivity contribution in [2.24, 2.45) is 5.92 Å². The zero-order valence-corrected chi connectivity index (χ0v) is 13.1. The molecule has 1 unspecified atom stereocenters. The summed E-state index contributed by atoms with van der Waals surface area (Å²) in [6, 6.07) is 6.41. The number of hydrogen-bond donors (Lipinski definition) is 2.